The van der Waals surface area contributed by atoms with Crippen molar-refractivity contribution in [2.24, 2.45) is 0 Å². The van der Waals surface area contributed by atoms with Gasteiger partial charge in [-0.15, -0.1) is 0 Å². The summed E-state index contributed by atoms with van der Waals surface area (Å²) in [6.07, 6.45) is 0. The van der Waals surface area contributed by atoms with Gasteiger partial charge in [0.25, 0.3) is 11.6 Å². The van der Waals surface area contributed by atoms with Crippen molar-refractivity contribution >= 4 is 33.2 Å². The molecule has 0 unspecified atom stereocenters. The summed E-state index contributed by atoms with van der Waals surface area (Å²) in [4.78, 5) is 22.2. The fourth-order valence-electron chi connectivity index (χ4n) is 1.77. The molecular weight excluding hydrogens is 368 g/mol. The number of carbonyl (C=O) groups excluding carboxylic acids is 1. The van der Waals surface area contributed by atoms with Crippen molar-refractivity contribution in [2.75, 3.05) is 19.0 Å². The van der Waals surface area contributed by atoms with E-state index < -0.39 is 10.8 Å². The molecule has 0 atom stereocenters. The Labute approximate surface area is 140 Å². The monoisotopic (exact) mass is 380 g/mol. The van der Waals surface area contributed by atoms with Gasteiger partial charge in [0.05, 0.1) is 17.7 Å². The molecule has 7 nitrogen and oxygen atoms in total. The largest absolute Gasteiger partial charge is 0.495 e. The molecule has 2 aromatic carbocycles. The van der Waals surface area contributed by atoms with Crippen LogP contribution in [0, 0.1) is 10.1 Å². The summed E-state index contributed by atoms with van der Waals surface area (Å²) in [6.45, 7) is -0.229. The summed E-state index contributed by atoms with van der Waals surface area (Å²) in [6, 6.07) is 11.0. The van der Waals surface area contributed by atoms with Crippen LogP contribution in [0.2, 0.25) is 0 Å². The standard InChI is InChI=1S/C15H13BrN2O5/c1-22-14-7-4-11(18(20)21)8-13(14)17-15(19)9-23-12-5-2-10(16)3-6-12/h2-8H,9H2,1H3,(H,17,19). The highest BCUT2D eigenvalue weighted by molar-refractivity contribution is 9.10. The van der Waals surface area contributed by atoms with E-state index >= 15 is 0 Å². The molecule has 0 aliphatic heterocycles. The smallest absolute Gasteiger partial charge is 0.271 e. The fraction of sp³-hybridized carbons (Fsp3) is 0.133. The van der Waals surface area contributed by atoms with Gasteiger partial charge in [0, 0.05) is 16.6 Å². The zero-order valence-corrected chi connectivity index (χ0v) is 13.7. The van der Waals surface area contributed by atoms with Gasteiger partial charge in [0.2, 0.25) is 0 Å². The minimum atomic E-state index is -0.548. The number of nitro benzene ring substituents is 1. The number of rotatable bonds is 6. The van der Waals surface area contributed by atoms with Gasteiger partial charge in [-0.2, -0.15) is 0 Å². The number of hydrogen-bond acceptors (Lipinski definition) is 5. The number of amides is 1. The predicted molar refractivity (Wildman–Crippen MR) is 87.9 cm³/mol. The van der Waals surface area contributed by atoms with Gasteiger partial charge in [0.15, 0.2) is 6.61 Å². The third kappa shape index (κ3) is 4.68. The Bertz CT molecular complexity index is 718. The third-order valence-corrected chi connectivity index (χ3v) is 3.38. The molecule has 0 spiro atoms. The number of nitro groups is 1. The minimum Gasteiger partial charge on any atom is -0.495 e. The average molecular weight is 381 g/mol. The first-order chi connectivity index (χ1) is 11.0. The fourth-order valence-corrected chi connectivity index (χ4v) is 2.04. The zero-order valence-electron chi connectivity index (χ0n) is 12.1. The van der Waals surface area contributed by atoms with Crippen LogP contribution >= 0.6 is 15.9 Å². The number of ether oxygens (including phenoxy) is 2. The van der Waals surface area contributed by atoms with Gasteiger partial charge < -0.3 is 14.8 Å². The molecule has 2 aromatic rings. The van der Waals surface area contributed by atoms with Crippen LogP contribution in [0.5, 0.6) is 11.5 Å². The van der Waals surface area contributed by atoms with Gasteiger partial charge in [-0.05, 0) is 30.3 Å². The molecule has 8 heteroatoms. The van der Waals surface area contributed by atoms with Crippen LogP contribution in [0.3, 0.4) is 0 Å². The number of methoxy groups -OCH3 is 1. The van der Waals surface area contributed by atoms with Gasteiger partial charge in [0.1, 0.15) is 11.5 Å². The van der Waals surface area contributed by atoms with E-state index in [-0.39, 0.29) is 18.0 Å². The number of anilines is 1. The number of nitrogens with zero attached hydrogens (tertiary/aromatic N) is 1. The highest BCUT2D eigenvalue weighted by Gasteiger charge is 2.14. The van der Waals surface area contributed by atoms with Crippen molar-refractivity contribution in [1.82, 2.24) is 0 Å². The van der Waals surface area contributed by atoms with Crippen LogP contribution in [0.1, 0.15) is 0 Å². The molecule has 120 valence electrons. The lowest BCUT2D eigenvalue weighted by Gasteiger charge is -2.10. The van der Waals surface area contributed by atoms with Crippen LogP contribution in [-0.4, -0.2) is 24.5 Å². The normalized spacial score (nSPS) is 10.0. The highest BCUT2D eigenvalue weighted by atomic mass is 79.9. The number of carbonyl (C=O) groups is 1. The quantitative estimate of drug-likeness (QED) is 0.612. The maximum atomic E-state index is 11.9. The molecule has 0 bridgehead atoms. The molecule has 0 aliphatic rings. The molecule has 0 aromatic heterocycles. The van der Waals surface area contributed by atoms with E-state index in [0.717, 1.165) is 4.47 Å². The number of nitrogens with one attached hydrogen (secondary N) is 1. The van der Waals surface area contributed by atoms with E-state index in [2.05, 4.69) is 21.2 Å². The van der Waals surface area contributed by atoms with Gasteiger partial charge in [-0.1, -0.05) is 15.9 Å². The summed E-state index contributed by atoms with van der Waals surface area (Å²) >= 11 is 3.30. The van der Waals surface area contributed by atoms with Crippen LogP contribution in [-0.2, 0) is 4.79 Å². The predicted octanol–water partition coefficient (Wildman–Crippen LogP) is 3.38. The van der Waals surface area contributed by atoms with Crippen LogP contribution in [0.25, 0.3) is 0 Å². The molecule has 0 heterocycles. The molecule has 0 radical (unpaired) electrons. The molecule has 23 heavy (non-hydrogen) atoms. The molecule has 0 fully saturated rings. The Morgan fingerprint density at radius 2 is 1.96 bits per heavy atom. The topological polar surface area (TPSA) is 90.7 Å². The number of benzene rings is 2. The first kappa shape index (κ1) is 16.8. The van der Waals surface area contributed by atoms with Crippen molar-refractivity contribution in [2.45, 2.75) is 0 Å². The lowest BCUT2D eigenvalue weighted by molar-refractivity contribution is -0.384. The summed E-state index contributed by atoms with van der Waals surface area (Å²) in [7, 11) is 1.41. The Morgan fingerprint density at radius 3 is 2.57 bits per heavy atom. The van der Waals surface area contributed by atoms with Crippen molar-refractivity contribution in [3.8, 4) is 11.5 Å². The van der Waals surface area contributed by atoms with E-state index in [1.807, 2.05) is 0 Å². The zero-order chi connectivity index (χ0) is 16.8. The Hall–Kier alpha value is -2.61. The SMILES string of the molecule is COc1ccc([N+](=O)[O-])cc1NC(=O)COc1ccc(Br)cc1. The maximum Gasteiger partial charge on any atom is 0.271 e. The Kier molecular flexibility index (Phi) is 5.53. The van der Waals surface area contributed by atoms with E-state index in [4.69, 9.17) is 9.47 Å². The van der Waals surface area contributed by atoms with Crippen molar-refractivity contribution in [3.05, 3.63) is 57.1 Å². The lowest BCUT2D eigenvalue weighted by Crippen LogP contribution is -2.20. The molecule has 0 saturated carbocycles. The third-order valence-electron chi connectivity index (χ3n) is 2.85. The summed E-state index contributed by atoms with van der Waals surface area (Å²) in [5, 5.41) is 13.3. The van der Waals surface area contributed by atoms with Gasteiger partial charge >= 0.3 is 0 Å². The number of halogens is 1. The van der Waals surface area contributed by atoms with Crippen LogP contribution in [0.4, 0.5) is 11.4 Å². The first-order valence-corrected chi connectivity index (χ1v) is 7.29. The summed E-state index contributed by atoms with van der Waals surface area (Å²) < 4.78 is 11.3. The summed E-state index contributed by atoms with van der Waals surface area (Å²) in [5.74, 6) is 0.411. The van der Waals surface area contributed by atoms with Crippen molar-refractivity contribution in [1.29, 1.82) is 0 Å². The van der Waals surface area contributed by atoms with E-state index in [9.17, 15) is 14.9 Å². The van der Waals surface area contributed by atoms with E-state index in [0.29, 0.717) is 11.5 Å². The first-order valence-electron chi connectivity index (χ1n) is 6.50. The van der Waals surface area contributed by atoms with Crippen molar-refractivity contribution in [3.63, 3.8) is 0 Å². The summed E-state index contributed by atoms with van der Waals surface area (Å²) in [5.41, 5.74) is 0.0704. The molecule has 0 aliphatic carbocycles. The van der Waals surface area contributed by atoms with E-state index in [1.165, 1.54) is 25.3 Å². The Morgan fingerprint density at radius 1 is 1.26 bits per heavy atom. The Balaban J connectivity index is 2.02. The minimum absolute atomic E-state index is 0.144. The number of hydrogen-bond donors (Lipinski definition) is 1. The maximum absolute atomic E-state index is 11.9. The second kappa shape index (κ2) is 7.59. The molecular formula is C15H13BrN2O5. The molecule has 1 N–H and O–H groups in total. The second-order valence-corrected chi connectivity index (χ2v) is 5.35. The van der Waals surface area contributed by atoms with Crippen LogP contribution in [0.15, 0.2) is 46.9 Å². The second-order valence-electron chi connectivity index (χ2n) is 4.43. The van der Waals surface area contributed by atoms with Gasteiger partial charge in [-0.3, -0.25) is 14.9 Å². The van der Waals surface area contributed by atoms with Crippen molar-refractivity contribution < 1.29 is 19.2 Å². The average Bonchev–Trinajstić information content (AvgIpc) is 2.54. The van der Waals surface area contributed by atoms with E-state index in [1.54, 1.807) is 24.3 Å². The van der Waals surface area contributed by atoms with Crippen LogP contribution < -0.4 is 14.8 Å². The highest BCUT2D eigenvalue weighted by Crippen LogP contribution is 2.28. The molecule has 2 rings (SSSR count). The van der Waals surface area contributed by atoms with Gasteiger partial charge in [-0.25, -0.2) is 0 Å². The lowest BCUT2D eigenvalue weighted by atomic mass is 10.2. The molecule has 0 saturated heterocycles. The number of non-ortho nitro benzene ring substituents is 1. The molecule has 1 amide bonds.